The summed E-state index contributed by atoms with van der Waals surface area (Å²) in [4.78, 5) is 2.57. The van der Waals surface area contributed by atoms with Gasteiger partial charge in [-0.2, -0.15) is 5.10 Å². The maximum Gasteiger partial charge on any atom is 0.0489 e. The van der Waals surface area contributed by atoms with E-state index in [-0.39, 0.29) is 0 Å². The highest BCUT2D eigenvalue weighted by Crippen LogP contribution is 2.25. The molecule has 1 atom stereocenters. The molecule has 0 saturated carbocycles. The van der Waals surface area contributed by atoms with Crippen molar-refractivity contribution in [2.75, 3.05) is 13.1 Å². The second kappa shape index (κ2) is 3.97. The van der Waals surface area contributed by atoms with Gasteiger partial charge >= 0.3 is 0 Å². The van der Waals surface area contributed by atoms with Gasteiger partial charge in [0, 0.05) is 31.0 Å². The molecule has 3 nitrogen and oxygen atoms in total. The van der Waals surface area contributed by atoms with Crippen molar-refractivity contribution in [3.63, 3.8) is 0 Å². The minimum absolute atomic E-state index is 0.318. The Hall–Kier alpha value is -0.830. The molecule has 0 aromatic carbocycles. The van der Waals surface area contributed by atoms with Crippen molar-refractivity contribution in [3.8, 4) is 0 Å². The van der Waals surface area contributed by atoms with Gasteiger partial charge in [0.1, 0.15) is 0 Å². The SMILES string of the molecule is CC(C)(C)N1CC[C@H](Cn2cccn2)C1. The summed E-state index contributed by atoms with van der Waals surface area (Å²) in [5.74, 6) is 0.768. The molecule has 15 heavy (non-hydrogen) atoms. The van der Waals surface area contributed by atoms with Gasteiger partial charge in [0.25, 0.3) is 0 Å². The Morgan fingerprint density at radius 3 is 2.73 bits per heavy atom. The van der Waals surface area contributed by atoms with Crippen LogP contribution in [-0.4, -0.2) is 33.3 Å². The first-order valence-electron chi connectivity index (χ1n) is 5.78. The van der Waals surface area contributed by atoms with E-state index in [1.807, 2.05) is 12.3 Å². The molecule has 0 spiro atoms. The molecular formula is C12H21N3. The van der Waals surface area contributed by atoms with E-state index in [0.717, 1.165) is 12.5 Å². The summed E-state index contributed by atoms with van der Waals surface area (Å²) in [5.41, 5.74) is 0.318. The van der Waals surface area contributed by atoms with Crippen LogP contribution >= 0.6 is 0 Å². The minimum atomic E-state index is 0.318. The van der Waals surface area contributed by atoms with Gasteiger partial charge in [0.2, 0.25) is 0 Å². The maximum atomic E-state index is 4.27. The fourth-order valence-corrected chi connectivity index (χ4v) is 2.26. The van der Waals surface area contributed by atoms with Crippen LogP contribution in [0.4, 0.5) is 0 Å². The first-order chi connectivity index (χ1) is 7.05. The monoisotopic (exact) mass is 207 g/mol. The molecule has 1 aromatic rings. The number of likely N-dealkylation sites (tertiary alicyclic amines) is 1. The van der Waals surface area contributed by atoms with Crippen LogP contribution in [0, 0.1) is 5.92 Å². The van der Waals surface area contributed by atoms with Crippen molar-refractivity contribution in [3.05, 3.63) is 18.5 Å². The predicted octanol–water partition coefficient (Wildman–Crippen LogP) is 2.00. The van der Waals surface area contributed by atoms with E-state index in [2.05, 4.69) is 41.6 Å². The van der Waals surface area contributed by atoms with Gasteiger partial charge in [-0.3, -0.25) is 9.58 Å². The lowest BCUT2D eigenvalue weighted by Crippen LogP contribution is -2.39. The average Bonchev–Trinajstić information content (AvgIpc) is 2.73. The summed E-state index contributed by atoms with van der Waals surface area (Å²) in [6, 6.07) is 2.00. The molecule has 1 aliphatic heterocycles. The first-order valence-corrected chi connectivity index (χ1v) is 5.78. The summed E-state index contributed by atoms with van der Waals surface area (Å²) in [5, 5.41) is 4.27. The molecule has 1 fully saturated rings. The molecule has 0 radical (unpaired) electrons. The number of rotatable bonds is 2. The Balaban J connectivity index is 1.88. The van der Waals surface area contributed by atoms with Crippen molar-refractivity contribution in [1.82, 2.24) is 14.7 Å². The molecule has 3 heteroatoms. The highest BCUT2D eigenvalue weighted by Gasteiger charge is 2.30. The Labute approximate surface area is 92.1 Å². The first kappa shape index (κ1) is 10.7. The summed E-state index contributed by atoms with van der Waals surface area (Å²) in [6.45, 7) is 10.4. The molecular weight excluding hydrogens is 186 g/mol. The van der Waals surface area contributed by atoms with Crippen LogP contribution in [0.3, 0.4) is 0 Å². The van der Waals surface area contributed by atoms with Crippen molar-refractivity contribution < 1.29 is 0 Å². The minimum Gasteiger partial charge on any atom is -0.298 e. The quantitative estimate of drug-likeness (QED) is 0.739. The molecule has 2 rings (SSSR count). The van der Waals surface area contributed by atoms with Crippen LogP contribution in [-0.2, 0) is 6.54 Å². The van der Waals surface area contributed by atoms with Gasteiger partial charge in [-0.05, 0) is 45.7 Å². The Kier molecular flexibility index (Phi) is 2.83. The summed E-state index contributed by atoms with van der Waals surface area (Å²) < 4.78 is 2.05. The standard InChI is InChI=1S/C12H21N3/c1-12(2,3)14-8-5-11(9-14)10-15-7-4-6-13-15/h4,6-7,11H,5,8-10H2,1-3H3/t11-/m0/s1. The van der Waals surface area contributed by atoms with Gasteiger partial charge in [-0.1, -0.05) is 0 Å². The van der Waals surface area contributed by atoms with E-state index in [1.165, 1.54) is 19.5 Å². The summed E-state index contributed by atoms with van der Waals surface area (Å²) in [6.07, 6.45) is 5.22. The van der Waals surface area contributed by atoms with Gasteiger partial charge in [-0.25, -0.2) is 0 Å². The number of hydrogen-bond acceptors (Lipinski definition) is 2. The summed E-state index contributed by atoms with van der Waals surface area (Å²) >= 11 is 0. The molecule has 1 aliphatic rings. The lowest BCUT2D eigenvalue weighted by atomic mass is 10.1. The normalized spacial score (nSPS) is 23.5. The largest absolute Gasteiger partial charge is 0.298 e. The Morgan fingerprint density at radius 2 is 2.20 bits per heavy atom. The second-order valence-corrected chi connectivity index (χ2v) is 5.50. The molecule has 84 valence electrons. The third-order valence-corrected chi connectivity index (χ3v) is 3.24. The Bertz CT molecular complexity index is 297. The van der Waals surface area contributed by atoms with Crippen molar-refractivity contribution in [2.24, 2.45) is 5.92 Å². The van der Waals surface area contributed by atoms with Crippen molar-refractivity contribution >= 4 is 0 Å². The van der Waals surface area contributed by atoms with Crippen LogP contribution in [0.15, 0.2) is 18.5 Å². The lowest BCUT2D eigenvalue weighted by molar-refractivity contribution is 0.166. The van der Waals surface area contributed by atoms with Crippen LogP contribution < -0.4 is 0 Å². The Morgan fingerprint density at radius 1 is 1.40 bits per heavy atom. The van der Waals surface area contributed by atoms with E-state index in [0.29, 0.717) is 5.54 Å². The zero-order valence-electron chi connectivity index (χ0n) is 9.98. The molecule has 0 bridgehead atoms. The van der Waals surface area contributed by atoms with E-state index < -0.39 is 0 Å². The highest BCUT2D eigenvalue weighted by molar-refractivity contribution is 4.86. The van der Waals surface area contributed by atoms with Crippen LogP contribution in [0.2, 0.25) is 0 Å². The van der Waals surface area contributed by atoms with Crippen LogP contribution in [0.1, 0.15) is 27.2 Å². The maximum absolute atomic E-state index is 4.27. The molecule has 0 aliphatic carbocycles. The van der Waals surface area contributed by atoms with Gasteiger partial charge in [0.05, 0.1) is 0 Å². The lowest BCUT2D eigenvalue weighted by Gasteiger charge is -2.31. The fourth-order valence-electron chi connectivity index (χ4n) is 2.26. The molecule has 0 N–H and O–H groups in total. The van der Waals surface area contributed by atoms with Crippen molar-refractivity contribution in [2.45, 2.75) is 39.3 Å². The molecule has 0 unspecified atom stereocenters. The third-order valence-electron chi connectivity index (χ3n) is 3.24. The fraction of sp³-hybridized carbons (Fsp3) is 0.750. The molecule has 1 saturated heterocycles. The van der Waals surface area contributed by atoms with E-state index in [4.69, 9.17) is 0 Å². The number of hydrogen-bond donors (Lipinski definition) is 0. The zero-order chi connectivity index (χ0) is 10.9. The molecule has 2 heterocycles. The summed E-state index contributed by atoms with van der Waals surface area (Å²) in [7, 11) is 0. The molecule has 1 aromatic heterocycles. The number of nitrogens with zero attached hydrogens (tertiary/aromatic N) is 3. The van der Waals surface area contributed by atoms with Crippen molar-refractivity contribution in [1.29, 1.82) is 0 Å². The zero-order valence-corrected chi connectivity index (χ0v) is 9.98. The van der Waals surface area contributed by atoms with Gasteiger partial charge < -0.3 is 0 Å². The van der Waals surface area contributed by atoms with E-state index in [9.17, 15) is 0 Å². The van der Waals surface area contributed by atoms with E-state index in [1.54, 1.807) is 0 Å². The smallest absolute Gasteiger partial charge is 0.0489 e. The predicted molar refractivity (Wildman–Crippen MR) is 61.7 cm³/mol. The van der Waals surface area contributed by atoms with E-state index >= 15 is 0 Å². The third kappa shape index (κ3) is 2.59. The highest BCUT2D eigenvalue weighted by atomic mass is 15.3. The van der Waals surface area contributed by atoms with Gasteiger partial charge in [0.15, 0.2) is 0 Å². The molecule has 0 amide bonds. The van der Waals surface area contributed by atoms with Crippen LogP contribution in [0.25, 0.3) is 0 Å². The average molecular weight is 207 g/mol. The topological polar surface area (TPSA) is 21.1 Å². The van der Waals surface area contributed by atoms with Crippen LogP contribution in [0.5, 0.6) is 0 Å². The number of aromatic nitrogens is 2. The second-order valence-electron chi connectivity index (χ2n) is 5.50. The van der Waals surface area contributed by atoms with Gasteiger partial charge in [-0.15, -0.1) is 0 Å².